The van der Waals surface area contributed by atoms with Crippen LogP contribution < -0.4 is 0 Å². The fourth-order valence-corrected chi connectivity index (χ4v) is 2.19. The SMILES string of the molecule is CCn1cc(-c2nn(-c3ccc(C)cc3)cc2C=O)cn1. The third-order valence-electron chi connectivity index (χ3n) is 3.40. The fourth-order valence-electron chi connectivity index (χ4n) is 2.19. The van der Waals surface area contributed by atoms with Gasteiger partial charge >= 0.3 is 0 Å². The molecule has 0 aliphatic rings. The monoisotopic (exact) mass is 280 g/mol. The number of hydrogen-bond acceptors (Lipinski definition) is 3. The van der Waals surface area contributed by atoms with Crippen LogP contribution in [-0.2, 0) is 6.54 Å². The lowest BCUT2D eigenvalue weighted by Gasteiger charge is -2.01. The molecule has 0 radical (unpaired) electrons. The molecule has 3 aromatic rings. The Balaban J connectivity index is 2.05. The first-order valence-corrected chi connectivity index (χ1v) is 6.86. The molecular weight excluding hydrogens is 264 g/mol. The molecule has 0 saturated carbocycles. The molecule has 0 bridgehead atoms. The van der Waals surface area contributed by atoms with E-state index >= 15 is 0 Å². The maximum Gasteiger partial charge on any atom is 0.153 e. The van der Waals surface area contributed by atoms with Crippen molar-refractivity contribution in [3.8, 4) is 16.9 Å². The van der Waals surface area contributed by atoms with Gasteiger partial charge in [0, 0.05) is 24.5 Å². The topological polar surface area (TPSA) is 52.7 Å². The molecule has 5 heteroatoms. The van der Waals surface area contributed by atoms with Crippen molar-refractivity contribution in [2.75, 3.05) is 0 Å². The fraction of sp³-hybridized carbons (Fsp3) is 0.188. The van der Waals surface area contributed by atoms with E-state index < -0.39 is 0 Å². The maximum absolute atomic E-state index is 11.3. The Bertz CT molecular complexity index is 768. The number of aldehydes is 1. The van der Waals surface area contributed by atoms with Crippen molar-refractivity contribution in [2.24, 2.45) is 0 Å². The summed E-state index contributed by atoms with van der Waals surface area (Å²) in [6.07, 6.45) is 6.21. The summed E-state index contributed by atoms with van der Waals surface area (Å²) in [7, 11) is 0. The quantitative estimate of drug-likeness (QED) is 0.690. The van der Waals surface area contributed by atoms with Gasteiger partial charge in [0.05, 0.1) is 17.4 Å². The van der Waals surface area contributed by atoms with E-state index in [1.54, 1.807) is 17.1 Å². The molecule has 0 fully saturated rings. The van der Waals surface area contributed by atoms with Crippen LogP contribution in [0.3, 0.4) is 0 Å². The van der Waals surface area contributed by atoms with Crippen LogP contribution in [0, 0.1) is 6.92 Å². The summed E-state index contributed by atoms with van der Waals surface area (Å²) in [5, 5.41) is 8.76. The van der Waals surface area contributed by atoms with E-state index in [0.717, 1.165) is 24.1 Å². The summed E-state index contributed by atoms with van der Waals surface area (Å²) in [6, 6.07) is 8.01. The third-order valence-corrected chi connectivity index (χ3v) is 3.40. The minimum atomic E-state index is 0.561. The van der Waals surface area contributed by atoms with Crippen LogP contribution in [0.15, 0.2) is 42.9 Å². The van der Waals surface area contributed by atoms with Gasteiger partial charge in [0.2, 0.25) is 0 Å². The molecule has 3 rings (SSSR count). The molecule has 2 aromatic heterocycles. The number of carbonyl (C=O) groups excluding carboxylic acids is 1. The summed E-state index contributed by atoms with van der Waals surface area (Å²) in [5.74, 6) is 0. The van der Waals surface area contributed by atoms with Crippen molar-refractivity contribution < 1.29 is 4.79 Å². The summed E-state index contributed by atoms with van der Waals surface area (Å²) < 4.78 is 3.54. The summed E-state index contributed by atoms with van der Waals surface area (Å²) >= 11 is 0. The Hall–Kier alpha value is -2.69. The highest BCUT2D eigenvalue weighted by molar-refractivity contribution is 5.85. The predicted octanol–water partition coefficient (Wildman–Crippen LogP) is 2.88. The van der Waals surface area contributed by atoms with Crippen molar-refractivity contribution in [1.82, 2.24) is 19.6 Å². The zero-order valence-corrected chi connectivity index (χ0v) is 12.0. The third kappa shape index (κ3) is 2.50. The zero-order chi connectivity index (χ0) is 14.8. The Labute approximate surface area is 122 Å². The highest BCUT2D eigenvalue weighted by Crippen LogP contribution is 2.22. The van der Waals surface area contributed by atoms with Gasteiger partial charge in [-0.2, -0.15) is 10.2 Å². The molecule has 0 atom stereocenters. The van der Waals surface area contributed by atoms with Crippen molar-refractivity contribution >= 4 is 6.29 Å². The van der Waals surface area contributed by atoms with Gasteiger partial charge < -0.3 is 0 Å². The summed E-state index contributed by atoms with van der Waals surface area (Å²) in [6.45, 7) is 4.84. The van der Waals surface area contributed by atoms with Gasteiger partial charge in [-0.15, -0.1) is 0 Å². The Kier molecular flexibility index (Phi) is 3.39. The highest BCUT2D eigenvalue weighted by atomic mass is 16.1. The van der Waals surface area contributed by atoms with Crippen LogP contribution in [0.4, 0.5) is 0 Å². The number of rotatable bonds is 4. The molecule has 0 aliphatic carbocycles. The minimum Gasteiger partial charge on any atom is -0.298 e. The van der Waals surface area contributed by atoms with Crippen molar-refractivity contribution in [3.05, 3.63) is 54.0 Å². The number of hydrogen-bond donors (Lipinski definition) is 0. The van der Waals surface area contributed by atoms with Crippen LogP contribution in [0.25, 0.3) is 16.9 Å². The second-order valence-corrected chi connectivity index (χ2v) is 4.92. The number of aromatic nitrogens is 4. The van der Waals surface area contributed by atoms with E-state index in [0.29, 0.717) is 11.3 Å². The van der Waals surface area contributed by atoms with Crippen LogP contribution >= 0.6 is 0 Å². The molecule has 0 saturated heterocycles. The van der Waals surface area contributed by atoms with Gasteiger partial charge in [0.15, 0.2) is 6.29 Å². The molecule has 0 N–H and O–H groups in total. The molecule has 5 nitrogen and oxygen atoms in total. The second-order valence-electron chi connectivity index (χ2n) is 4.92. The Morgan fingerprint density at radius 3 is 2.57 bits per heavy atom. The maximum atomic E-state index is 11.3. The van der Waals surface area contributed by atoms with Gasteiger partial charge in [0.1, 0.15) is 5.69 Å². The molecule has 106 valence electrons. The van der Waals surface area contributed by atoms with Gasteiger partial charge in [-0.1, -0.05) is 17.7 Å². The van der Waals surface area contributed by atoms with E-state index in [1.165, 1.54) is 5.56 Å². The lowest BCUT2D eigenvalue weighted by molar-refractivity contribution is 0.112. The van der Waals surface area contributed by atoms with E-state index in [2.05, 4.69) is 10.2 Å². The number of carbonyl (C=O) groups is 1. The van der Waals surface area contributed by atoms with Crippen molar-refractivity contribution in [2.45, 2.75) is 20.4 Å². The zero-order valence-electron chi connectivity index (χ0n) is 12.0. The molecule has 1 aromatic carbocycles. The summed E-state index contributed by atoms with van der Waals surface area (Å²) in [4.78, 5) is 11.3. The molecule has 0 unspecified atom stereocenters. The second kappa shape index (κ2) is 5.36. The highest BCUT2D eigenvalue weighted by Gasteiger charge is 2.13. The minimum absolute atomic E-state index is 0.561. The Morgan fingerprint density at radius 1 is 1.19 bits per heavy atom. The average molecular weight is 280 g/mol. The predicted molar refractivity (Wildman–Crippen MR) is 80.6 cm³/mol. The normalized spacial score (nSPS) is 10.8. The molecule has 0 amide bonds. The first-order valence-electron chi connectivity index (χ1n) is 6.86. The van der Waals surface area contributed by atoms with E-state index in [4.69, 9.17) is 0 Å². The first-order chi connectivity index (χ1) is 10.2. The van der Waals surface area contributed by atoms with Gasteiger partial charge in [-0.3, -0.25) is 9.48 Å². The van der Waals surface area contributed by atoms with Crippen LogP contribution in [0.1, 0.15) is 22.8 Å². The van der Waals surface area contributed by atoms with Crippen LogP contribution in [-0.4, -0.2) is 25.8 Å². The van der Waals surface area contributed by atoms with Crippen molar-refractivity contribution in [1.29, 1.82) is 0 Å². The molecule has 21 heavy (non-hydrogen) atoms. The number of benzene rings is 1. The average Bonchev–Trinajstić information content (AvgIpc) is 3.14. The van der Waals surface area contributed by atoms with E-state index in [9.17, 15) is 4.79 Å². The van der Waals surface area contributed by atoms with E-state index in [1.807, 2.05) is 49.0 Å². The molecular formula is C16H16N4O. The van der Waals surface area contributed by atoms with Crippen LogP contribution in [0.5, 0.6) is 0 Å². The molecule has 0 aliphatic heterocycles. The largest absolute Gasteiger partial charge is 0.298 e. The van der Waals surface area contributed by atoms with E-state index in [-0.39, 0.29) is 0 Å². The lowest BCUT2D eigenvalue weighted by Crippen LogP contribution is -1.94. The first kappa shape index (κ1) is 13.3. The Morgan fingerprint density at radius 2 is 1.95 bits per heavy atom. The smallest absolute Gasteiger partial charge is 0.153 e. The van der Waals surface area contributed by atoms with Crippen LogP contribution in [0.2, 0.25) is 0 Å². The molecule has 0 spiro atoms. The van der Waals surface area contributed by atoms with Gasteiger partial charge in [-0.25, -0.2) is 4.68 Å². The van der Waals surface area contributed by atoms with Gasteiger partial charge in [-0.05, 0) is 26.0 Å². The molecule has 2 heterocycles. The standard InChI is InChI=1S/C16H16N4O/c1-3-19-9-13(8-17-19)16-14(11-21)10-20(18-16)15-6-4-12(2)5-7-15/h4-11H,3H2,1-2H3. The van der Waals surface area contributed by atoms with Gasteiger partial charge in [0.25, 0.3) is 0 Å². The summed E-state index contributed by atoms with van der Waals surface area (Å²) in [5.41, 5.74) is 4.19. The lowest BCUT2D eigenvalue weighted by atomic mass is 10.2. The number of nitrogens with zero attached hydrogens (tertiary/aromatic N) is 4. The van der Waals surface area contributed by atoms with Crippen molar-refractivity contribution in [3.63, 3.8) is 0 Å². The number of aryl methyl sites for hydroxylation is 2.